The maximum Gasteiger partial charge on any atom is 0.246 e. The number of allylic oxidation sites excluding steroid dienone is 5. The summed E-state index contributed by atoms with van der Waals surface area (Å²) in [6.45, 7) is 1.10. The highest BCUT2D eigenvalue weighted by Gasteiger charge is 2.31. The fraction of sp³-hybridized carbons (Fsp3) is 0.250. The Labute approximate surface area is 134 Å². The van der Waals surface area contributed by atoms with Crippen molar-refractivity contribution >= 4 is 10.0 Å². The van der Waals surface area contributed by atoms with Gasteiger partial charge in [-0.05, 0) is 24.3 Å². The van der Waals surface area contributed by atoms with E-state index in [2.05, 4.69) is 0 Å². The number of nitrogens with zero attached hydrogens (tertiary/aromatic N) is 2. The van der Waals surface area contributed by atoms with Crippen molar-refractivity contribution in [2.24, 2.45) is 0 Å². The minimum Gasteiger partial charge on any atom is -0.494 e. The molecule has 3 rings (SSSR count). The molecule has 0 unspecified atom stereocenters. The highest BCUT2D eigenvalue weighted by Crippen LogP contribution is 2.22. The van der Waals surface area contributed by atoms with Crippen LogP contribution in [-0.2, 0) is 10.0 Å². The number of aliphatic hydroxyl groups is 1. The molecule has 0 spiro atoms. The number of hydrogen-bond donors (Lipinski definition) is 1. The molecule has 0 amide bonds. The highest BCUT2D eigenvalue weighted by atomic mass is 32.2. The minimum atomic E-state index is -3.85. The van der Waals surface area contributed by atoms with Gasteiger partial charge in [-0.2, -0.15) is 4.31 Å². The third-order valence-corrected chi connectivity index (χ3v) is 5.85. The Bertz CT molecular complexity index is 777. The van der Waals surface area contributed by atoms with Gasteiger partial charge in [-0.25, -0.2) is 12.8 Å². The fourth-order valence-electron chi connectivity index (χ4n) is 2.64. The third-order valence-electron chi connectivity index (χ3n) is 3.91. The number of rotatable bonds is 3. The monoisotopic (exact) mass is 336 g/mol. The van der Waals surface area contributed by atoms with Gasteiger partial charge in [0.25, 0.3) is 0 Å². The summed E-state index contributed by atoms with van der Waals surface area (Å²) in [5, 5.41) is 10.2. The van der Waals surface area contributed by atoms with Crippen LogP contribution < -0.4 is 0 Å². The topological polar surface area (TPSA) is 60.9 Å². The van der Waals surface area contributed by atoms with Crippen molar-refractivity contribution in [3.63, 3.8) is 0 Å². The van der Waals surface area contributed by atoms with E-state index >= 15 is 0 Å². The van der Waals surface area contributed by atoms with E-state index in [-0.39, 0.29) is 23.9 Å². The van der Waals surface area contributed by atoms with E-state index < -0.39 is 15.8 Å². The first-order valence-corrected chi connectivity index (χ1v) is 8.72. The average Bonchev–Trinajstić information content (AvgIpc) is 3.09. The van der Waals surface area contributed by atoms with Gasteiger partial charge in [0.1, 0.15) is 10.7 Å². The molecule has 0 aromatic heterocycles. The Balaban J connectivity index is 1.74. The maximum atomic E-state index is 13.8. The summed E-state index contributed by atoms with van der Waals surface area (Å²) in [5.41, 5.74) is 0.704. The first kappa shape index (κ1) is 15.8. The molecule has 1 aromatic rings. The van der Waals surface area contributed by atoms with Crippen molar-refractivity contribution in [2.75, 3.05) is 26.2 Å². The lowest BCUT2D eigenvalue weighted by Gasteiger charge is -2.35. The number of benzene rings is 1. The van der Waals surface area contributed by atoms with E-state index in [1.165, 1.54) is 22.5 Å². The van der Waals surface area contributed by atoms with Crippen molar-refractivity contribution in [1.82, 2.24) is 9.21 Å². The fourth-order valence-corrected chi connectivity index (χ4v) is 4.13. The Hall–Kier alpha value is -2.12. The van der Waals surface area contributed by atoms with Gasteiger partial charge in [0.15, 0.2) is 5.88 Å². The van der Waals surface area contributed by atoms with E-state index in [9.17, 15) is 17.9 Å². The highest BCUT2D eigenvalue weighted by molar-refractivity contribution is 7.89. The van der Waals surface area contributed by atoms with Crippen molar-refractivity contribution in [3.05, 3.63) is 65.8 Å². The molecular weight excluding hydrogens is 319 g/mol. The predicted octanol–water partition coefficient (Wildman–Crippen LogP) is 2.03. The molecule has 0 saturated carbocycles. The summed E-state index contributed by atoms with van der Waals surface area (Å²) >= 11 is 0. The molecule has 1 aromatic carbocycles. The Morgan fingerprint density at radius 1 is 1.04 bits per heavy atom. The number of halogens is 1. The van der Waals surface area contributed by atoms with E-state index in [0.29, 0.717) is 18.7 Å². The normalized spacial score (nSPS) is 18.7. The molecule has 0 radical (unpaired) electrons. The number of aliphatic hydroxyl groups excluding tert-OH is 1. The Kier molecular flexibility index (Phi) is 4.23. The summed E-state index contributed by atoms with van der Waals surface area (Å²) in [5.74, 6) is -0.612. The SMILES string of the molecule is O=S(=O)(c1ccccc1F)N1CCN(C(O)=C2C=CC=C2)CC1. The Morgan fingerprint density at radius 3 is 2.26 bits per heavy atom. The zero-order chi connectivity index (χ0) is 16.4. The second kappa shape index (κ2) is 6.17. The lowest BCUT2D eigenvalue weighted by molar-refractivity contribution is 0.150. The molecule has 5 nitrogen and oxygen atoms in total. The van der Waals surface area contributed by atoms with Crippen LogP contribution in [0, 0.1) is 5.82 Å². The summed E-state index contributed by atoms with van der Waals surface area (Å²) in [4.78, 5) is 1.42. The lowest BCUT2D eigenvalue weighted by atomic mass is 10.2. The van der Waals surface area contributed by atoms with E-state index in [1.807, 2.05) is 12.2 Å². The maximum absolute atomic E-state index is 13.8. The van der Waals surface area contributed by atoms with E-state index in [0.717, 1.165) is 6.07 Å². The van der Waals surface area contributed by atoms with Gasteiger partial charge in [0.2, 0.25) is 10.0 Å². The van der Waals surface area contributed by atoms with E-state index in [1.54, 1.807) is 17.1 Å². The first-order valence-electron chi connectivity index (χ1n) is 7.28. The second-order valence-corrected chi connectivity index (χ2v) is 7.23. The smallest absolute Gasteiger partial charge is 0.246 e. The molecule has 1 aliphatic carbocycles. The quantitative estimate of drug-likeness (QED) is 0.858. The summed E-state index contributed by atoms with van der Waals surface area (Å²) in [6.07, 6.45) is 7.23. The molecule has 1 saturated heterocycles. The molecule has 1 fully saturated rings. The van der Waals surface area contributed by atoms with Crippen LogP contribution in [0.15, 0.2) is 64.9 Å². The number of sulfonamides is 1. The van der Waals surface area contributed by atoms with Crippen molar-refractivity contribution < 1.29 is 17.9 Å². The van der Waals surface area contributed by atoms with Crippen LogP contribution >= 0.6 is 0 Å². The van der Waals surface area contributed by atoms with Crippen LogP contribution in [0.5, 0.6) is 0 Å². The second-order valence-electron chi connectivity index (χ2n) is 5.32. The summed E-state index contributed by atoms with van der Waals surface area (Å²) < 4.78 is 40.0. The van der Waals surface area contributed by atoms with Crippen LogP contribution in [0.1, 0.15) is 0 Å². The standard InChI is InChI=1S/C16H17FN2O3S/c17-14-7-3-4-8-15(14)23(21,22)19-11-9-18(10-12-19)16(20)13-5-1-2-6-13/h1-8,20H,9-12H2. The molecule has 0 atom stereocenters. The lowest BCUT2D eigenvalue weighted by Crippen LogP contribution is -2.48. The molecule has 7 heteroatoms. The molecule has 1 N–H and O–H groups in total. The number of piperazine rings is 1. The minimum absolute atomic E-state index is 0.137. The summed E-state index contributed by atoms with van der Waals surface area (Å²) in [6, 6.07) is 5.36. The van der Waals surface area contributed by atoms with Crippen LogP contribution in [-0.4, -0.2) is 48.9 Å². The van der Waals surface area contributed by atoms with Gasteiger partial charge in [0.05, 0.1) is 0 Å². The van der Waals surface area contributed by atoms with Crippen LogP contribution in [0.3, 0.4) is 0 Å². The van der Waals surface area contributed by atoms with Crippen molar-refractivity contribution in [3.8, 4) is 0 Å². The van der Waals surface area contributed by atoms with Gasteiger partial charge in [-0.3, -0.25) is 0 Å². The first-order chi connectivity index (χ1) is 11.0. The summed E-state index contributed by atoms with van der Waals surface area (Å²) in [7, 11) is -3.85. The van der Waals surface area contributed by atoms with E-state index in [4.69, 9.17) is 0 Å². The molecule has 1 aliphatic heterocycles. The number of hydrogen-bond acceptors (Lipinski definition) is 4. The largest absolute Gasteiger partial charge is 0.494 e. The van der Waals surface area contributed by atoms with Crippen molar-refractivity contribution in [1.29, 1.82) is 0 Å². The Morgan fingerprint density at radius 2 is 1.65 bits per heavy atom. The van der Waals surface area contributed by atoms with Gasteiger partial charge in [-0.1, -0.05) is 24.3 Å². The zero-order valence-corrected chi connectivity index (χ0v) is 13.2. The van der Waals surface area contributed by atoms with Crippen LogP contribution in [0.25, 0.3) is 0 Å². The third kappa shape index (κ3) is 3.02. The van der Waals surface area contributed by atoms with Gasteiger partial charge in [-0.15, -0.1) is 0 Å². The molecule has 122 valence electrons. The average molecular weight is 336 g/mol. The molecule has 2 aliphatic rings. The van der Waals surface area contributed by atoms with Gasteiger partial charge in [0, 0.05) is 31.8 Å². The van der Waals surface area contributed by atoms with Crippen molar-refractivity contribution in [2.45, 2.75) is 4.90 Å². The van der Waals surface area contributed by atoms with Crippen LogP contribution in [0.2, 0.25) is 0 Å². The van der Waals surface area contributed by atoms with Crippen LogP contribution in [0.4, 0.5) is 4.39 Å². The molecular formula is C16H17FN2O3S. The van der Waals surface area contributed by atoms with Gasteiger partial charge >= 0.3 is 0 Å². The zero-order valence-electron chi connectivity index (χ0n) is 12.4. The predicted molar refractivity (Wildman–Crippen MR) is 84.7 cm³/mol. The molecule has 1 heterocycles. The molecule has 23 heavy (non-hydrogen) atoms. The molecule has 0 bridgehead atoms. The van der Waals surface area contributed by atoms with Gasteiger partial charge < -0.3 is 10.0 Å².